The number of benzene rings is 1. The van der Waals surface area contributed by atoms with E-state index in [-0.39, 0.29) is 5.91 Å². The third kappa shape index (κ3) is 2.64. The molecule has 0 aliphatic carbocycles. The first-order valence-corrected chi connectivity index (χ1v) is 7.19. The molecule has 1 aromatic heterocycles. The number of rotatable bonds is 3. The van der Waals surface area contributed by atoms with Gasteiger partial charge in [0.2, 0.25) is 5.91 Å². The third-order valence-electron chi connectivity index (χ3n) is 4.07. The molecular formula is C15H21N5O. The normalized spacial score (nSPS) is 19.1. The lowest BCUT2D eigenvalue weighted by atomic mass is 9.99. The quantitative estimate of drug-likeness (QED) is 0.853. The number of nitrogens with zero attached hydrogens (tertiary/aromatic N) is 3. The number of amides is 1. The lowest BCUT2D eigenvalue weighted by Crippen LogP contribution is -2.44. The highest BCUT2D eigenvalue weighted by atomic mass is 16.2. The Morgan fingerprint density at radius 2 is 2.29 bits per heavy atom. The van der Waals surface area contributed by atoms with Crippen molar-refractivity contribution in [3.05, 3.63) is 29.5 Å². The zero-order chi connectivity index (χ0) is 15.0. The van der Waals surface area contributed by atoms with Crippen LogP contribution < -0.4 is 5.73 Å². The molecule has 0 fully saturated rings. The number of hydrogen-bond donors (Lipinski definition) is 2. The molecule has 0 bridgehead atoms. The van der Waals surface area contributed by atoms with Gasteiger partial charge in [0.1, 0.15) is 0 Å². The first-order valence-electron chi connectivity index (χ1n) is 7.19. The van der Waals surface area contributed by atoms with Crippen LogP contribution in [0.15, 0.2) is 18.3 Å². The van der Waals surface area contributed by atoms with Crippen molar-refractivity contribution in [3.8, 4) is 0 Å². The summed E-state index contributed by atoms with van der Waals surface area (Å²) in [5.74, 6) is 0.0321. The van der Waals surface area contributed by atoms with Crippen LogP contribution in [-0.2, 0) is 17.8 Å². The van der Waals surface area contributed by atoms with E-state index < -0.39 is 6.04 Å². The van der Waals surface area contributed by atoms with Crippen molar-refractivity contribution in [2.24, 2.45) is 5.73 Å². The Hall–Kier alpha value is -1.92. The van der Waals surface area contributed by atoms with E-state index in [1.54, 1.807) is 0 Å². The van der Waals surface area contributed by atoms with Gasteiger partial charge in [-0.2, -0.15) is 5.10 Å². The fourth-order valence-electron chi connectivity index (χ4n) is 2.84. The molecule has 1 aromatic carbocycles. The van der Waals surface area contributed by atoms with Crippen molar-refractivity contribution < 1.29 is 4.79 Å². The van der Waals surface area contributed by atoms with Crippen LogP contribution in [0.3, 0.4) is 0 Å². The van der Waals surface area contributed by atoms with E-state index in [0.717, 1.165) is 23.0 Å². The van der Waals surface area contributed by atoms with Gasteiger partial charge in [-0.15, -0.1) is 0 Å². The van der Waals surface area contributed by atoms with Crippen LogP contribution in [0.25, 0.3) is 10.9 Å². The first-order chi connectivity index (χ1) is 10.1. The Kier molecular flexibility index (Phi) is 3.65. The number of carbonyl (C=O) groups excluding carboxylic acids is 1. The van der Waals surface area contributed by atoms with Crippen LogP contribution in [0.5, 0.6) is 0 Å². The van der Waals surface area contributed by atoms with Gasteiger partial charge in [-0.05, 0) is 37.7 Å². The van der Waals surface area contributed by atoms with Crippen molar-refractivity contribution in [1.82, 2.24) is 20.0 Å². The van der Waals surface area contributed by atoms with Gasteiger partial charge in [0, 0.05) is 25.0 Å². The summed E-state index contributed by atoms with van der Waals surface area (Å²) in [7, 11) is 4.01. The Balaban J connectivity index is 1.98. The molecule has 0 unspecified atom stereocenters. The topological polar surface area (TPSA) is 78.2 Å². The summed E-state index contributed by atoms with van der Waals surface area (Å²) in [6.07, 6.45) is 2.42. The molecule has 3 N–H and O–H groups in total. The molecule has 2 aromatic rings. The van der Waals surface area contributed by atoms with E-state index in [0.29, 0.717) is 19.5 Å². The summed E-state index contributed by atoms with van der Waals surface area (Å²) < 4.78 is 0. The molecule has 0 saturated heterocycles. The van der Waals surface area contributed by atoms with Gasteiger partial charge in [-0.25, -0.2) is 0 Å². The highest BCUT2D eigenvalue weighted by Crippen LogP contribution is 2.26. The second-order valence-electron chi connectivity index (χ2n) is 5.91. The maximum atomic E-state index is 12.5. The number of carbonyl (C=O) groups is 1. The van der Waals surface area contributed by atoms with Gasteiger partial charge >= 0.3 is 0 Å². The number of fused-ring (bicyclic) bond motifs is 3. The van der Waals surface area contributed by atoms with Crippen LogP contribution >= 0.6 is 0 Å². The monoisotopic (exact) mass is 287 g/mol. The molecule has 21 heavy (non-hydrogen) atoms. The first kappa shape index (κ1) is 14.0. The Labute approximate surface area is 123 Å². The molecule has 6 heteroatoms. The number of hydrogen-bond acceptors (Lipinski definition) is 4. The van der Waals surface area contributed by atoms with Crippen LogP contribution in [-0.4, -0.2) is 59.1 Å². The summed E-state index contributed by atoms with van der Waals surface area (Å²) in [6.45, 7) is 2.12. The van der Waals surface area contributed by atoms with Crippen molar-refractivity contribution >= 4 is 16.8 Å². The minimum absolute atomic E-state index is 0.0321. The van der Waals surface area contributed by atoms with Gasteiger partial charge < -0.3 is 15.5 Å². The predicted octanol–water partition coefficient (Wildman–Crippen LogP) is 0.337. The van der Waals surface area contributed by atoms with Crippen molar-refractivity contribution in [2.45, 2.75) is 19.0 Å². The second kappa shape index (κ2) is 5.46. The average molecular weight is 287 g/mol. The van der Waals surface area contributed by atoms with Gasteiger partial charge in [0.05, 0.1) is 17.8 Å². The van der Waals surface area contributed by atoms with E-state index in [4.69, 9.17) is 5.73 Å². The SMILES string of the molecule is CN(C)CCN1Cc2c(ccc3[nH]ncc23)C[C@@H](N)C1=O. The standard InChI is InChI=1S/C15H21N5O/c1-19(2)5-6-20-9-12-10(7-13(16)15(20)21)3-4-14-11(12)8-17-18-14/h3-4,8,13H,5-7,9,16H2,1-2H3,(H,17,18)/t13-/m1/s1. The lowest BCUT2D eigenvalue weighted by Gasteiger charge is -2.24. The van der Waals surface area contributed by atoms with E-state index in [9.17, 15) is 4.79 Å². The Morgan fingerprint density at radius 3 is 3.05 bits per heavy atom. The van der Waals surface area contributed by atoms with Crippen molar-refractivity contribution in [1.29, 1.82) is 0 Å². The third-order valence-corrected chi connectivity index (χ3v) is 4.07. The molecule has 1 atom stereocenters. The van der Waals surface area contributed by atoms with Crippen LogP contribution in [0.1, 0.15) is 11.1 Å². The Bertz CT molecular complexity index is 663. The summed E-state index contributed by atoms with van der Waals surface area (Å²) >= 11 is 0. The largest absolute Gasteiger partial charge is 0.336 e. The van der Waals surface area contributed by atoms with Crippen LogP contribution in [0, 0.1) is 0 Å². The number of H-pyrrole nitrogens is 1. The van der Waals surface area contributed by atoms with Gasteiger partial charge in [-0.1, -0.05) is 6.07 Å². The van der Waals surface area contributed by atoms with E-state index in [1.165, 1.54) is 5.56 Å². The molecule has 3 rings (SSSR count). The molecule has 1 aliphatic rings. The molecule has 1 aliphatic heterocycles. The highest BCUT2D eigenvalue weighted by molar-refractivity contribution is 5.87. The maximum absolute atomic E-state index is 12.5. The summed E-state index contributed by atoms with van der Waals surface area (Å²) in [5.41, 5.74) is 9.40. The molecule has 6 nitrogen and oxygen atoms in total. The van der Waals surface area contributed by atoms with Gasteiger partial charge in [-0.3, -0.25) is 9.89 Å². The average Bonchev–Trinajstić information content (AvgIpc) is 2.88. The molecule has 0 saturated carbocycles. The maximum Gasteiger partial charge on any atom is 0.240 e. The van der Waals surface area contributed by atoms with Gasteiger partial charge in [0.25, 0.3) is 0 Å². The van der Waals surface area contributed by atoms with E-state index in [2.05, 4.69) is 21.2 Å². The minimum atomic E-state index is -0.460. The zero-order valence-electron chi connectivity index (χ0n) is 12.5. The molecule has 112 valence electrons. The number of nitrogens with two attached hydrogens (primary N) is 1. The molecule has 0 radical (unpaired) electrons. The number of nitrogens with one attached hydrogen (secondary N) is 1. The summed E-state index contributed by atoms with van der Waals surface area (Å²) in [4.78, 5) is 16.4. The molecule has 0 spiro atoms. The highest BCUT2D eigenvalue weighted by Gasteiger charge is 2.28. The number of aromatic nitrogens is 2. The van der Waals surface area contributed by atoms with Crippen molar-refractivity contribution in [2.75, 3.05) is 27.2 Å². The van der Waals surface area contributed by atoms with Gasteiger partial charge in [0.15, 0.2) is 0 Å². The van der Waals surface area contributed by atoms with E-state index in [1.807, 2.05) is 31.3 Å². The minimum Gasteiger partial charge on any atom is -0.336 e. The number of likely N-dealkylation sites (N-methyl/N-ethyl adjacent to an activating group) is 1. The molecule has 2 heterocycles. The van der Waals surface area contributed by atoms with Crippen LogP contribution in [0.2, 0.25) is 0 Å². The number of aromatic amines is 1. The molecule has 1 amide bonds. The van der Waals surface area contributed by atoms with E-state index >= 15 is 0 Å². The van der Waals surface area contributed by atoms with Crippen LogP contribution in [0.4, 0.5) is 0 Å². The fourth-order valence-corrected chi connectivity index (χ4v) is 2.84. The summed E-state index contributed by atoms with van der Waals surface area (Å²) in [6, 6.07) is 3.60. The Morgan fingerprint density at radius 1 is 1.48 bits per heavy atom. The zero-order valence-corrected chi connectivity index (χ0v) is 12.5. The fraction of sp³-hybridized carbons (Fsp3) is 0.467. The molecular weight excluding hydrogens is 266 g/mol. The second-order valence-corrected chi connectivity index (χ2v) is 5.91. The van der Waals surface area contributed by atoms with Crippen molar-refractivity contribution in [3.63, 3.8) is 0 Å². The summed E-state index contributed by atoms with van der Waals surface area (Å²) in [5, 5.41) is 8.18. The lowest BCUT2D eigenvalue weighted by molar-refractivity contribution is -0.133. The predicted molar refractivity (Wildman–Crippen MR) is 81.7 cm³/mol. The smallest absolute Gasteiger partial charge is 0.240 e.